The van der Waals surface area contributed by atoms with Crippen LogP contribution in [-0.4, -0.2) is 23.5 Å². The number of hydrogen-bond acceptors (Lipinski definition) is 4. The molecule has 2 aromatic rings. The van der Waals surface area contributed by atoms with E-state index in [1.54, 1.807) is 0 Å². The zero-order chi connectivity index (χ0) is 13.4. The summed E-state index contributed by atoms with van der Waals surface area (Å²) in [5.74, 6) is 1.58. The van der Waals surface area contributed by atoms with Gasteiger partial charge >= 0.3 is 0 Å². The van der Waals surface area contributed by atoms with Crippen molar-refractivity contribution in [1.29, 1.82) is 0 Å². The molecule has 2 heterocycles. The molecular formula is C14H17N3O2. The molecule has 5 heteroatoms. The highest BCUT2D eigenvalue weighted by atomic mass is 16.7. The highest BCUT2D eigenvalue weighted by Crippen LogP contribution is 2.38. The van der Waals surface area contributed by atoms with Gasteiger partial charge in [0.1, 0.15) is 0 Å². The van der Waals surface area contributed by atoms with Gasteiger partial charge in [0.25, 0.3) is 0 Å². The highest BCUT2D eigenvalue weighted by molar-refractivity contribution is 5.71. The van der Waals surface area contributed by atoms with E-state index < -0.39 is 0 Å². The maximum absolute atomic E-state index is 5.60. The maximum atomic E-state index is 5.60. The van der Waals surface area contributed by atoms with Crippen LogP contribution in [0.4, 0.5) is 0 Å². The Kier molecular flexibility index (Phi) is 2.91. The zero-order valence-electron chi connectivity index (χ0n) is 11.1. The third-order valence-electron chi connectivity index (χ3n) is 3.48. The minimum absolute atomic E-state index is 0.288. The third-order valence-corrected chi connectivity index (χ3v) is 3.48. The standard InChI is InChI=1S/C14H17N3O2/c1-8-5-12-13(19-7-18-12)6-10(8)14-9(2)11(3-4-15)16-17-14/h5-6H,3-4,7,15H2,1-2H3,(H,16,17). The molecule has 0 bridgehead atoms. The lowest BCUT2D eigenvalue weighted by Gasteiger charge is -2.06. The number of fused-ring (bicyclic) bond motifs is 1. The van der Waals surface area contributed by atoms with Crippen LogP contribution < -0.4 is 15.2 Å². The SMILES string of the molecule is Cc1cc2c(cc1-c1n[nH]c(CCN)c1C)OCO2. The van der Waals surface area contributed by atoms with Gasteiger partial charge in [-0.15, -0.1) is 0 Å². The largest absolute Gasteiger partial charge is 0.454 e. The van der Waals surface area contributed by atoms with E-state index in [0.29, 0.717) is 6.54 Å². The number of nitrogens with zero attached hydrogens (tertiary/aromatic N) is 1. The second-order valence-corrected chi connectivity index (χ2v) is 4.73. The Hall–Kier alpha value is -2.01. The first-order chi connectivity index (χ1) is 9.20. The van der Waals surface area contributed by atoms with Gasteiger partial charge in [-0.25, -0.2) is 0 Å². The fraction of sp³-hybridized carbons (Fsp3) is 0.357. The lowest BCUT2D eigenvalue weighted by molar-refractivity contribution is 0.174. The van der Waals surface area contributed by atoms with Crippen LogP contribution in [0.15, 0.2) is 12.1 Å². The van der Waals surface area contributed by atoms with E-state index in [0.717, 1.165) is 46.0 Å². The third kappa shape index (κ3) is 1.96. The summed E-state index contributed by atoms with van der Waals surface area (Å²) in [6.07, 6.45) is 0.808. The molecule has 100 valence electrons. The van der Waals surface area contributed by atoms with Gasteiger partial charge in [0.15, 0.2) is 11.5 Å². The number of aromatic nitrogens is 2. The molecule has 1 aromatic carbocycles. The Morgan fingerprint density at radius 1 is 1.26 bits per heavy atom. The molecule has 3 rings (SSSR count). The summed E-state index contributed by atoms with van der Waals surface area (Å²) >= 11 is 0. The van der Waals surface area contributed by atoms with Crippen LogP contribution in [0.5, 0.6) is 11.5 Å². The summed E-state index contributed by atoms with van der Waals surface area (Å²) in [5, 5.41) is 7.48. The number of nitrogens with one attached hydrogen (secondary N) is 1. The summed E-state index contributed by atoms with van der Waals surface area (Å²) in [7, 11) is 0. The molecule has 19 heavy (non-hydrogen) atoms. The summed E-state index contributed by atoms with van der Waals surface area (Å²) in [6, 6.07) is 3.99. The molecule has 0 saturated carbocycles. The van der Waals surface area contributed by atoms with Crippen LogP contribution in [0.25, 0.3) is 11.3 Å². The van der Waals surface area contributed by atoms with Crippen molar-refractivity contribution < 1.29 is 9.47 Å². The van der Waals surface area contributed by atoms with Crippen LogP contribution in [0.1, 0.15) is 16.8 Å². The quantitative estimate of drug-likeness (QED) is 0.883. The molecule has 1 aliphatic rings. The van der Waals surface area contributed by atoms with E-state index in [2.05, 4.69) is 17.1 Å². The fourth-order valence-electron chi connectivity index (χ4n) is 2.38. The molecule has 0 amide bonds. The first-order valence-electron chi connectivity index (χ1n) is 6.35. The molecule has 0 spiro atoms. The van der Waals surface area contributed by atoms with E-state index in [1.807, 2.05) is 19.1 Å². The first-order valence-corrected chi connectivity index (χ1v) is 6.35. The van der Waals surface area contributed by atoms with Crippen molar-refractivity contribution in [3.05, 3.63) is 29.0 Å². The van der Waals surface area contributed by atoms with E-state index >= 15 is 0 Å². The van der Waals surface area contributed by atoms with E-state index in [4.69, 9.17) is 15.2 Å². The summed E-state index contributed by atoms with van der Waals surface area (Å²) < 4.78 is 10.8. The lowest BCUT2D eigenvalue weighted by Crippen LogP contribution is -2.03. The number of H-pyrrole nitrogens is 1. The van der Waals surface area contributed by atoms with Crippen LogP contribution >= 0.6 is 0 Å². The van der Waals surface area contributed by atoms with Gasteiger partial charge in [-0.3, -0.25) is 5.10 Å². The molecule has 0 unspecified atom stereocenters. The number of rotatable bonds is 3. The Labute approximate surface area is 111 Å². The van der Waals surface area contributed by atoms with Crippen LogP contribution in [-0.2, 0) is 6.42 Å². The van der Waals surface area contributed by atoms with Crippen molar-refractivity contribution in [1.82, 2.24) is 10.2 Å². The Morgan fingerprint density at radius 3 is 2.74 bits per heavy atom. The number of nitrogens with two attached hydrogens (primary N) is 1. The van der Waals surface area contributed by atoms with E-state index in [-0.39, 0.29) is 6.79 Å². The van der Waals surface area contributed by atoms with Gasteiger partial charge in [0.2, 0.25) is 6.79 Å². The van der Waals surface area contributed by atoms with Crippen LogP contribution in [0, 0.1) is 13.8 Å². The molecule has 1 aromatic heterocycles. The predicted octanol–water partition coefficient (Wildman–Crippen LogP) is 1.92. The second kappa shape index (κ2) is 4.59. The molecule has 1 aliphatic heterocycles. The fourth-order valence-corrected chi connectivity index (χ4v) is 2.38. The number of hydrogen-bond donors (Lipinski definition) is 2. The molecular weight excluding hydrogens is 242 g/mol. The van der Waals surface area contributed by atoms with Gasteiger partial charge in [-0.1, -0.05) is 0 Å². The van der Waals surface area contributed by atoms with Crippen LogP contribution in [0.2, 0.25) is 0 Å². The van der Waals surface area contributed by atoms with Gasteiger partial charge in [-0.05, 0) is 43.7 Å². The minimum atomic E-state index is 0.288. The van der Waals surface area contributed by atoms with Gasteiger partial charge < -0.3 is 15.2 Å². The molecule has 3 N–H and O–H groups in total. The molecule has 0 atom stereocenters. The van der Waals surface area contributed by atoms with Crippen molar-refractivity contribution in [2.75, 3.05) is 13.3 Å². The number of benzene rings is 1. The normalized spacial score (nSPS) is 13.0. The molecule has 5 nitrogen and oxygen atoms in total. The average molecular weight is 259 g/mol. The molecule has 0 aliphatic carbocycles. The molecule has 0 saturated heterocycles. The van der Waals surface area contributed by atoms with E-state index in [1.165, 1.54) is 0 Å². The van der Waals surface area contributed by atoms with Crippen molar-refractivity contribution >= 4 is 0 Å². The predicted molar refractivity (Wildman–Crippen MR) is 72.4 cm³/mol. The summed E-state index contributed by atoms with van der Waals surface area (Å²) in [6.45, 7) is 5.01. The average Bonchev–Trinajstić information content (AvgIpc) is 2.97. The van der Waals surface area contributed by atoms with Crippen molar-refractivity contribution in [2.45, 2.75) is 20.3 Å². The lowest BCUT2D eigenvalue weighted by atomic mass is 10.0. The number of aromatic amines is 1. The smallest absolute Gasteiger partial charge is 0.231 e. The van der Waals surface area contributed by atoms with Crippen LogP contribution in [0.3, 0.4) is 0 Å². The Bertz CT molecular complexity index is 619. The zero-order valence-corrected chi connectivity index (χ0v) is 11.1. The van der Waals surface area contributed by atoms with Crippen molar-refractivity contribution in [3.8, 4) is 22.8 Å². The van der Waals surface area contributed by atoms with Gasteiger partial charge in [0.05, 0.1) is 5.69 Å². The maximum Gasteiger partial charge on any atom is 0.231 e. The van der Waals surface area contributed by atoms with Crippen molar-refractivity contribution in [2.24, 2.45) is 5.73 Å². The topological polar surface area (TPSA) is 73.2 Å². The Morgan fingerprint density at radius 2 is 2.00 bits per heavy atom. The van der Waals surface area contributed by atoms with E-state index in [9.17, 15) is 0 Å². The Balaban J connectivity index is 2.07. The van der Waals surface area contributed by atoms with Gasteiger partial charge in [-0.2, -0.15) is 5.10 Å². The minimum Gasteiger partial charge on any atom is -0.454 e. The number of aryl methyl sites for hydroxylation is 1. The summed E-state index contributed by atoms with van der Waals surface area (Å²) in [5.41, 5.74) is 11.0. The number of ether oxygens (including phenoxy) is 2. The second-order valence-electron chi connectivity index (χ2n) is 4.73. The molecule has 0 radical (unpaired) electrons. The van der Waals surface area contributed by atoms with Crippen molar-refractivity contribution in [3.63, 3.8) is 0 Å². The molecule has 0 fully saturated rings. The highest BCUT2D eigenvalue weighted by Gasteiger charge is 2.19. The first kappa shape index (κ1) is 12.0. The monoisotopic (exact) mass is 259 g/mol. The van der Waals surface area contributed by atoms with Gasteiger partial charge in [0, 0.05) is 17.7 Å². The summed E-state index contributed by atoms with van der Waals surface area (Å²) in [4.78, 5) is 0.